The Morgan fingerprint density at radius 3 is 2.56 bits per heavy atom. The third-order valence-electron chi connectivity index (χ3n) is 2.36. The van der Waals surface area contributed by atoms with Crippen molar-refractivity contribution in [1.82, 2.24) is 0 Å². The second kappa shape index (κ2) is 4.57. The molecule has 2 aromatic carbocycles. The zero-order valence-electron chi connectivity index (χ0n) is 9.78. The predicted octanol–water partition coefficient (Wildman–Crippen LogP) is 3.48. The largest absolute Gasteiger partial charge is 0.542 e. The minimum Gasteiger partial charge on any atom is -0.542 e. The maximum atomic E-state index is 5.87. The highest BCUT2D eigenvalue weighted by Gasteiger charge is 2.06. The molecule has 0 heterocycles. The van der Waals surface area contributed by atoms with Gasteiger partial charge in [-0.05, 0) is 36.7 Å². The lowest BCUT2D eigenvalue weighted by molar-refractivity contribution is 0.415. The topological polar surface area (TPSA) is 18.5 Å². The quantitative estimate of drug-likeness (QED) is 0.753. The van der Waals surface area contributed by atoms with Gasteiger partial charge >= 0.3 is 0 Å². The maximum absolute atomic E-state index is 5.87. The second-order valence-corrected chi connectivity index (χ2v) is 5.87. The number of hydrogen-bond donors (Lipinski definition) is 0. The first kappa shape index (κ1) is 11.0. The molecule has 1 radical (unpaired) electrons. The lowest BCUT2D eigenvalue weighted by Crippen LogP contribution is -2.11. The van der Waals surface area contributed by atoms with E-state index in [4.69, 9.17) is 9.16 Å². The molecule has 0 bridgehead atoms. The summed E-state index contributed by atoms with van der Waals surface area (Å²) < 4.78 is 11.1. The summed E-state index contributed by atoms with van der Waals surface area (Å²) in [5, 5.41) is 2.30. The van der Waals surface area contributed by atoms with Crippen molar-refractivity contribution >= 4 is 19.8 Å². The molecule has 0 aliphatic rings. The van der Waals surface area contributed by atoms with Gasteiger partial charge in [-0.15, -0.1) is 0 Å². The van der Waals surface area contributed by atoms with E-state index in [9.17, 15) is 0 Å². The predicted molar refractivity (Wildman–Crippen MR) is 68.6 cm³/mol. The van der Waals surface area contributed by atoms with Gasteiger partial charge in [0, 0.05) is 5.39 Å². The van der Waals surface area contributed by atoms with Crippen molar-refractivity contribution in [2.75, 3.05) is 7.11 Å². The van der Waals surface area contributed by atoms with Crippen LogP contribution in [0.25, 0.3) is 10.8 Å². The summed E-state index contributed by atoms with van der Waals surface area (Å²) in [5.41, 5.74) is 0. The fraction of sp³-hybridized carbons (Fsp3) is 0.231. The van der Waals surface area contributed by atoms with Crippen molar-refractivity contribution in [3.05, 3.63) is 36.4 Å². The average Bonchev–Trinajstić information content (AvgIpc) is 2.28. The number of hydrogen-bond acceptors (Lipinski definition) is 2. The van der Waals surface area contributed by atoms with Crippen LogP contribution in [0.2, 0.25) is 13.1 Å². The minimum absolute atomic E-state index is 0.737. The molecule has 0 amide bonds. The molecule has 2 aromatic rings. The third kappa shape index (κ3) is 2.19. The van der Waals surface area contributed by atoms with Gasteiger partial charge in [0.05, 0.1) is 7.11 Å². The first-order valence-corrected chi connectivity index (χ1v) is 7.66. The standard InChI is InChI=1S/C13H15O2Si/c1-14-11-8-7-10-5-4-6-13(12(10)9-11)15-16(2)3/h4-9H,1-3H3. The molecule has 2 nitrogen and oxygen atoms in total. The Morgan fingerprint density at radius 2 is 1.88 bits per heavy atom. The van der Waals surface area contributed by atoms with Crippen LogP contribution in [0.15, 0.2) is 36.4 Å². The molecule has 3 heteroatoms. The summed E-state index contributed by atoms with van der Waals surface area (Å²) >= 11 is 0. The third-order valence-corrected chi connectivity index (χ3v) is 2.99. The molecule has 0 saturated heterocycles. The Kier molecular flexibility index (Phi) is 3.15. The highest BCUT2D eigenvalue weighted by atomic mass is 28.3. The van der Waals surface area contributed by atoms with Crippen LogP contribution in [0.5, 0.6) is 11.5 Å². The summed E-state index contributed by atoms with van der Waals surface area (Å²) in [6.45, 7) is 4.26. The molecular formula is C13H15O2Si. The zero-order valence-corrected chi connectivity index (χ0v) is 10.8. The van der Waals surface area contributed by atoms with Gasteiger partial charge in [-0.25, -0.2) is 0 Å². The molecule has 16 heavy (non-hydrogen) atoms. The van der Waals surface area contributed by atoms with Gasteiger partial charge < -0.3 is 9.16 Å². The first-order chi connectivity index (χ1) is 7.70. The van der Waals surface area contributed by atoms with Crippen molar-refractivity contribution in [3.8, 4) is 11.5 Å². The van der Waals surface area contributed by atoms with Gasteiger partial charge in [0.2, 0.25) is 0 Å². The van der Waals surface area contributed by atoms with Crippen molar-refractivity contribution < 1.29 is 9.16 Å². The van der Waals surface area contributed by atoms with E-state index in [1.54, 1.807) is 7.11 Å². The van der Waals surface area contributed by atoms with Crippen molar-refractivity contribution in [2.45, 2.75) is 13.1 Å². The molecule has 0 N–H and O–H groups in total. The number of ether oxygens (including phenoxy) is 1. The van der Waals surface area contributed by atoms with Gasteiger partial charge in [-0.2, -0.15) is 0 Å². The molecule has 0 saturated carbocycles. The summed E-state index contributed by atoms with van der Waals surface area (Å²) in [6.07, 6.45) is 0. The van der Waals surface area contributed by atoms with Crippen molar-refractivity contribution in [1.29, 1.82) is 0 Å². The van der Waals surface area contributed by atoms with Crippen LogP contribution in [-0.2, 0) is 0 Å². The normalized spacial score (nSPS) is 10.8. The van der Waals surface area contributed by atoms with E-state index in [0.717, 1.165) is 16.9 Å². The summed E-state index contributed by atoms with van der Waals surface area (Å²) in [5.74, 6) is 1.82. The lowest BCUT2D eigenvalue weighted by Gasteiger charge is -2.12. The Hall–Kier alpha value is -1.48. The van der Waals surface area contributed by atoms with Gasteiger partial charge in [0.15, 0.2) is 0 Å². The number of benzene rings is 2. The van der Waals surface area contributed by atoms with Crippen molar-refractivity contribution in [3.63, 3.8) is 0 Å². The van der Waals surface area contributed by atoms with Gasteiger partial charge in [0.25, 0.3) is 9.04 Å². The second-order valence-electron chi connectivity index (χ2n) is 3.85. The lowest BCUT2D eigenvalue weighted by atomic mass is 10.1. The van der Waals surface area contributed by atoms with E-state index in [0.29, 0.717) is 0 Å². The highest BCUT2D eigenvalue weighted by Crippen LogP contribution is 2.29. The van der Waals surface area contributed by atoms with Gasteiger partial charge in [-0.3, -0.25) is 0 Å². The van der Waals surface area contributed by atoms with Crippen LogP contribution in [0.4, 0.5) is 0 Å². The first-order valence-electron chi connectivity index (χ1n) is 5.25. The van der Waals surface area contributed by atoms with Crippen LogP contribution in [0.1, 0.15) is 0 Å². The molecule has 0 unspecified atom stereocenters. The van der Waals surface area contributed by atoms with Crippen LogP contribution >= 0.6 is 0 Å². The molecule has 0 aromatic heterocycles. The van der Waals surface area contributed by atoms with E-state index in [1.165, 1.54) is 5.39 Å². The Bertz CT molecular complexity index is 494. The smallest absolute Gasteiger partial charge is 0.274 e. The van der Waals surface area contributed by atoms with E-state index >= 15 is 0 Å². The molecular weight excluding hydrogens is 216 g/mol. The molecule has 0 spiro atoms. The Morgan fingerprint density at radius 1 is 1.06 bits per heavy atom. The van der Waals surface area contributed by atoms with E-state index in [1.807, 2.05) is 24.3 Å². The highest BCUT2D eigenvalue weighted by molar-refractivity contribution is 6.49. The Balaban J connectivity index is 2.55. The summed E-state index contributed by atoms with van der Waals surface area (Å²) in [4.78, 5) is 0. The van der Waals surface area contributed by atoms with Crippen LogP contribution in [0.3, 0.4) is 0 Å². The van der Waals surface area contributed by atoms with Crippen LogP contribution in [-0.4, -0.2) is 16.2 Å². The number of fused-ring (bicyclic) bond motifs is 1. The SMILES string of the molecule is COc1ccc2cccc(O[Si](C)C)c2c1. The monoisotopic (exact) mass is 231 g/mol. The molecule has 83 valence electrons. The molecule has 0 fully saturated rings. The van der Waals surface area contributed by atoms with Gasteiger partial charge in [-0.1, -0.05) is 18.2 Å². The Labute approximate surface area is 97.5 Å². The van der Waals surface area contributed by atoms with E-state index in [-0.39, 0.29) is 0 Å². The number of rotatable bonds is 3. The van der Waals surface area contributed by atoms with Crippen LogP contribution in [0, 0.1) is 0 Å². The van der Waals surface area contributed by atoms with Crippen molar-refractivity contribution in [2.24, 2.45) is 0 Å². The van der Waals surface area contributed by atoms with E-state index < -0.39 is 9.04 Å². The van der Waals surface area contributed by atoms with Crippen LogP contribution < -0.4 is 9.16 Å². The van der Waals surface area contributed by atoms with E-state index in [2.05, 4.69) is 25.2 Å². The molecule has 2 rings (SSSR count). The molecule has 0 aliphatic heterocycles. The maximum Gasteiger partial charge on any atom is 0.274 e. The summed E-state index contributed by atoms with van der Waals surface area (Å²) in [7, 11) is 0.943. The van der Waals surface area contributed by atoms with Gasteiger partial charge in [0.1, 0.15) is 11.5 Å². The fourth-order valence-corrected chi connectivity index (χ4v) is 2.28. The average molecular weight is 231 g/mol. The summed E-state index contributed by atoms with van der Waals surface area (Å²) in [6, 6.07) is 12.2. The number of methoxy groups -OCH3 is 1. The fourth-order valence-electron chi connectivity index (χ4n) is 1.66. The zero-order chi connectivity index (χ0) is 11.5. The minimum atomic E-state index is -0.737. The molecule has 0 aliphatic carbocycles. The molecule has 0 atom stereocenters.